The Labute approximate surface area is 158 Å². The van der Waals surface area contributed by atoms with E-state index in [1.807, 2.05) is 12.1 Å². The van der Waals surface area contributed by atoms with Gasteiger partial charge in [0, 0.05) is 11.8 Å². The summed E-state index contributed by atoms with van der Waals surface area (Å²) in [6.45, 7) is 1.48. The summed E-state index contributed by atoms with van der Waals surface area (Å²) in [5, 5.41) is 2.59. The van der Waals surface area contributed by atoms with E-state index in [4.69, 9.17) is 0 Å². The van der Waals surface area contributed by atoms with Crippen molar-refractivity contribution in [2.45, 2.75) is 26.2 Å². The van der Waals surface area contributed by atoms with Gasteiger partial charge in [0.15, 0.2) is 0 Å². The topological polar surface area (TPSA) is 66.5 Å². The van der Waals surface area contributed by atoms with Crippen molar-refractivity contribution in [1.29, 1.82) is 0 Å². The molecule has 2 rings (SSSR count). The maximum absolute atomic E-state index is 14.0. The van der Waals surface area contributed by atoms with E-state index in [-0.39, 0.29) is 5.69 Å². The third-order valence-corrected chi connectivity index (χ3v) is 5.05. The Morgan fingerprint density at radius 2 is 1.78 bits per heavy atom. The van der Waals surface area contributed by atoms with Gasteiger partial charge in [-0.25, -0.2) is 17.2 Å². The maximum atomic E-state index is 14.0. The highest BCUT2D eigenvalue weighted by molar-refractivity contribution is 7.92. The van der Waals surface area contributed by atoms with Crippen LogP contribution in [-0.4, -0.2) is 27.1 Å². The summed E-state index contributed by atoms with van der Waals surface area (Å²) in [6, 6.07) is 9.72. The van der Waals surface area contributed by atoms with Gasteiger partial charge < -0.3 is 5.32 Å². The molecule has 2 aromatic carbocycles. The summed E-state index contributed by atoms with van der Waals surface area (Å²) in [5.41, 5.74) is 1.26. The molecule has 0 aliphatic heterocycles. The highest BCUT2D eigenvalue weighted by Gasteiger charge is 2.24. The van der Waals surface area contributed by atoms with Crippen molar-refractivity contribution >= 4 is 27.3 Å². The third-order valence-electron chi connectivity index (χ3n) is 3.92. The number of aryl methyl sites for hydroxylation is 1. The SMILES string of the molecule is CCCCc1ccc(NC(=O)CN(c2ccc(F)cc2F)S(C)(=O)=O)cc1. The van der Waals surface area contributed by atoms with Crippen LogP contribution in [0.2, 0.25) is 0 Å². The third kappa shape index (κ3) is 6.02. The van der Waals surface area contributed by atoms with Crippen molar-refractivity contribution in [1.82, 2.24) is 0 Å². The van der Waals surface area contributed by atoms with E-state index >= 15 is 0 Å². The molecule has 27 heavy (non-hydrogen) atoms. The summed E-state index contributed by atoms with van der Waals surface area (Å²) in [5.74, 6) is -2.53. The molecule has 0 bridgehead atoms. The minimum absolute atomic E-state index is 0.385. The first-order valence-corrected chi connectivity index (χ1v) is 10.4. The van der Waals surface area contributed by atoms with Crippen molar-refractivity contribution in [2.75, 3.05) is 22.4 Å². The Bertz CT molecular complexity index is 900. The quantitative estimate of drug-likeness (QED) is 0.740. The largest absolute Gasteiger partial charge is 0.325 e. The predicted molar refractivity (Wildman–Crippen MR) is 102 cm³/mol. The first-order valence-electron chi connectivity index (χ1n) is 8.52. The fraction of sp³-hybridized carbons (Fsp3) is 0.316. The molecule has 0 atom stereocenters. The summed E-state index contributed by atoms with van der Waals surface area (Å²) < 4.78 is 51.6. The van der Waals surface area contributed by atoms with Crippen LogP contribution in [0.15, 0.2) is 42.5 Å². The van der Waals surface area contributed by atoms with E-state index in [1.165, 1.54) is 0 Å². The van der Waals surface area contributed by atoms with Crippen molar-refractivity contribution < 1.29 is 22.0 Å². The van der Waals surface area contributed by atoms with Gasteiger partial charge >= 0.3 is 0 Å². The number of nitrogens with zero attached hydrogens (tertiary/aromatic N) is 1. The van der Waals surface area contributed by atoms with E-state index in [2.05, 4.69) is 12.2 Å². The average Bonchev–Trinajstić information content (AvgIpc) is 2.59. The Morgan fingerprint density at radius 1 is 1.11 bits per heavy atom. The number of amides is 1. The second-order valence-electron chi connectivity index (χ2n) is 6.21. The van der Waals surface area contributed by atoms with Crippen molar-refractivity contribution in [3.8, 4) is 0 Å². The number of carbonyl (C=O) groups excluding carboxylic acids is 1. The van der Waals surface area contributed by atoms with Gasteiger partial charge in [0.2, 0.25) is 15.9 Å². The Morgan fingerprint density at radius 3 is 2.33 bits per heavy atom. The van der Waals surface area contributed by atoms with E-state index in [9.17, 15) is 22.0 Å². The van der Waals surface area contributed by atoms with Crippen LogP contribution in [0, 0.1) is 11.6 Å². The van der Waals surface area contributed by atoms with E-state index < -0.39 is 34.1 Å². The lowest BCUT2D eigenvalue weighted by atomic mass is 10.1. The number of benzene rings is 2. The van der Waals surface area contributed by atoms with Crippen LogP contribution in [-0.2, 0) is 21.2 Å². The molecular weight excluding hydrogens is 374 g/mol. The zero-order chi connectivity index (χ0) is 20.0. The number of anilines is 2. The summed E-state index contributed by atoms with van der Waals surface area (Å²) in [7, 11) is -3.95. The van der Waals surface area contributed by atoms with E-state index in [0.717, 1.165) is 43.2 Å². The van der Waals surface area contributed by atoms with Gasteiger partial charge in [-0.15, -0.1) is 0 Å². The Kier molecular flexibility index (Phi) is 6.90. The van der Waals surface area contributed by atoms with Crippen molar-refractivity contribution in [3.63, 3.8) is 0 Å². The van der Waals surface area contributed by atoms with Gasteiger partial charge in [-0.05, 0) is 42.7 Å². The van der Waals surface area contributed by atoms with E-state index in [1.54, 1.807) is 12.1 Å². The van der Waals surface area contributed by atoms with Crippen LogP contribution >= 0.6 is 0 Å². The minimum Gasteiger partial charge on any atom is -0.325 e. The second-order valence-corrected chi connectivity index (χ2v) is 8.12. The van der Waals surface area contributed by atoms with Crippen molar-refractivity contribution in [3.05, 3.63) is 59.7 Å². The van der Waals surface area contributed by atoms with Crippen LogP contribution in [0.5, 0.6) is 0 Å². The first-order chi connectivity index (χ1) is 12.7. The number of nitrogens with one attached hydrogen (secondary N) is 1. The van der Waals surface area contributed by atoms with E-state index in [0.29, 0.717) is 16.1 Å². The lowest BCUT2D eigenvalue weighted by molar-refractivity contribution is -0.114. The summed E-state index contributed by atoms with van der Waals surface area (Å²) in [6.07, 6.45) is 3.94. The molecule has 0 radical (unpaired) electrons. The lowest BCUT2D eigenvalue weighted by Gasteiger charge is -2.22. The number of rotatable bonds is 8. The molecule has 146 valence electrons. The summed E-state index contributed by atoms with van der Waals surface area (Å²) >= 11 is 0. The molecule has 0 fully saturated rings. The molecule has 0 heterocycles. The molecule has 0 aliphatic carbocycles. The van der Waals surface area contributed by atoms with Gasteiger partial charge in [0.05, 0.1) is 11.9 Å². The molecule has 2 aromatic rings. The van der Waals surface area contributed by atoms with Gasteiger partial charge in [0.25, 0.3) is 0 Å². The van der Waals surface area contributed by atoms with Crippen LogP contribution in [0.4, 0.5) is 20.2 Å². The van der Waals surface area contributed by atoms with Crippen LogP contribution in [0.3, 0.4) is 0 Å². The fourth-order valence-corrected chi connectivity index (χ4v) is 3.39. The maximum Gasteiger partial charge on any atom is 0.245 e. The molecule has 8 heteroatoms. The van der Waals surface area contributed by atoms with Gasteiger partial charge in [-0.2, -0.15) is 0 Å². The predicted octanol–water partition coefficient (Wildman–Crippen LogP) is 3.71. The molecule has 0 saturated heterocycles. The van der Waals surface area contributed by atoms with Gasteiger partial charge in [-0.1, -0.05) is 25.5 Å². The second kappa shape index (κ2) is 8.94. The highest BCUT2D eigenvalue weighted by Crippen LogP contribution is 2.22. The molecule has 0 unspecified atom stereocenters. The minimum atomic E-state index is -3.95. The van der Waals surface area contributed by atoms with Gasteiger partial charge in [0.1, 0.15) is 18.2 Å². The molecule has 0 spiro atoms. The number of halogens is 2. The van der Waals surface area contributed by atoms with Crippen LogP contribution < -0.4 is 9.62 Å². The average molecular weight is 396 g/mol. The lowest BCUT2D eigenvalue weighted by Crippen LogP contribution is -2.38. The standard InChI is InChI=1S/C19H22F2N2O3S/c1-3-4-5-14-6-9-16(10-7-14)22-19(24)13-23(27(2,25)26)18-11-8-15(20)12-17(18)21/h6-12H,3-5,13H2,1-2H3,(H,22,24). The normalized spacial score (nSPS) is 11.3. The number of hydrogen-bond donors (Lipinski definition) is 1. The molecule has 1 amide bonds. The zero-order valence-corrected chi connectivity index (χ0v) is 16.0. The highest BCUT2D eigenvalue weighted by atomic mass is 32.2. The molecule has 5 nitrogen and oxygen atoms in total. The van der Waals surface area contributed by atoms with Crippen LogP contribution in [0.1, 0.15) is 25.3 Å². The van der Waals surface area contributed by atoms with Crippen LogP contribution in [0.25, 0.3) is 0 Å². The molecular formula is C19H22F2N2O3S. The number of hydrogen-bond acceptors (Lipinski definition) is 3. The monoisotopic (exact) mass is 396 g/mol. The first kappa shape index (κ1) is 20.8. The number of sulfonamides is 1. The number of unbranched alkanes of at least 4 members (excludes halogenated alkanes) is 1. The molecule has 0 aliphatic rings. The molecule has 0 saturated carbocycles. The zero-order valence-electron chi connectivity index (χ0n) is 15.2. The number of carbonyl (C=O) groups is 1. The molecule has 1 N–H and O–H groups in total. The fourth-order valence-electron chi connectivity index (χ4n) is 2.53. The smallest absolute Gasteiger partial charge is 0.245 e. The summed E-state index contributed by atoms with van der Waals surface area (Å²) in [4.78, 5) is 12.3. The van der Waals surface area contributed by atoms with Gasteiger partial charge in [-0.3, -0.25) is 9.10 Å². The van der Waals surface area contributed by atoms with Crippen molar-refractivity contribution in [2.24, 2.45) is 0 Å². The molecule has 0 aromatic heterocycles. The Hall–Kier alpha value is -2.48. The Balaban J connectivity index is 2.12.